The highest BCUT2D eigenvalue weighted by molar-refractivity contribution is 5.50. The van der Waals surface area contributed by atoms with Gasteiger partial charge in [0.1, 0.15) is 5.75 Å². The minimum atomic E-state index is -0.273. The summed E-state index contributed by atoms with van der Waals surface area (Å²) in [5.74, 6) is 0.205. The third-order valence-corrected chi connectivity index (χ3v) is 6.20. The summed E-state index contributed by atoms with van der Waals surface area (Å²) in [5, 5.41) is 11.8. The Balaban J connectivity index is 4.00. The molecule has 37 heavy (non-hydrogen) atoms. The average molecular weight is 500 g/mol. The predicted octanol–water partition coefficient (Wildman–Crippen LogP) is 7.10. The van der Waals surface area contributed by atoms with E-state index in [4.69, 9.17) is 0 Å². The van der Waals surface area contributed by atoms with Gasteiger partial charge in [-0.2, -0.15) is 0 Å². The monoisotopic (exact) mass is 499 g/mol. The number of phenols is 1. The first-order chi connectivity index (χ1) is 17.9. The fourth-order valence-corrected chi connectivity index (χ4v) is 4.67. The van der Waals surface area contributed by atoms with E-state index in [0.29, 0.717) is 39.3 Å². The number of rotatable bonds is 21. The summed E-state index contributed by atoms with van der Waals surface area (Å²) in [6.45, 7) is 39.6. The molecule has 3 atom stereocenters. The van der Waals surface area contributed by atoms with Crippen LogP contribution in [0, 0.1) is 0 Å². The lowest BCUT2D eigenvalue weighted by molar-refractivity contribution is 0.264. The highest BCUT2D eigenvalue weighted by atomic mass is 16.3. The van der Waals surface area contributed by atoms with Crippen molar-refractivity contribution >= 4 is 0 Å². The van der Waals surface area contributed by atoms with Crippen molar-refractivity contribution in [1.82, 2.24) is 14.7 Å². The zero-order valence-electron chi connectivity index (χ0n) is 22.5. The first-order valence-electron chi connectivity index (χ1n) is 12.5. The van der Waals surface area contributed by atoms with Gasteiger partial charge in [0.2, 0.25) is 0 Å². The van der Waals surface area contributed by atoms with Crippen molar-refractivity contribution < 1.29 is 5.11 Å². The van der Waals surface area contributed by atoms with E-state index in [9.17, 15) is 5.11 Å². The van der Waals surface area contributed by atoms with Crippen molar-refractivity contribution in [3.63, 3.8) is 0 Å². The summed E-state index contributed by atoms with van der Waals surface area (Å²) >= 11 is 0. The molecule has 0 aliphatic heterocycles. The fourth-order valence-electron chi connectivity index (χ4n) is 4.67. The van der Waals surface area contributed by atoms with Gasteiger partial charge < -0.3 is 5.11 Å². The summed E-state index contributed by atoms with van der Waals surface area (Å²) in [7, 11) is 0. The lowest BCUT2D eigenvalue weighted by Gasteiger charge is -2.34. The zero-order valence-corrected chi connectivity index (χ0v) is 22.5. The molecule has 0 aromatic heterocycles. The van der Waals surface area contributed by atoms with E-state index < -0.39 is 0 Å². The first kappa shape index (κ1) is 31.6. The summed E-state index contributed by atoms with van der Waals surface area (Å²) in [5.41, 5.74) is 2.49. The molecular weight excluding hydrogens is 454 g/mol. The van der Waals surface area contributed by atoms with Crippen LogP contribution in [0.4, 0.5) is 0 Å². The topological polar surface area (TPSA) is 30.0 Å². The van der Waals surface area contributed by atoms with Crippen LogP contribution in [-0.2, 0) is 0 Å². The highest BCUT2D eigenvalue weighted by Crippen LogP contribution is 2.41. The standard InChI is InChI=1S/C33H45N3O/c1-10-19-34(20-11-2)30(16-7)27-25-28(31(17-8)35(21-12-3)22-13-4)33(37)29(26-27)32(18-9)36(23-14-5)24-15-6/h10-18,25-26,30-32,37H,1-9,19-24H2. The lowest BCUT2D eigenvalue weighted by atomic mass is 9.90. The molecule has 198 valence electrons. The number of nitrogens with zero attached hydrogens (tertiary/aromatic N) is 3. The third-order valence-electron chi connectivity index (χ3n) is 6.20. The van der Waals surface area contributed by atoms with E-state index in [-0.39, 0.29) is 23.9 Å². The van der Waals surface area contributed by atoms with Gasteiger partial charge in [-0.15, -0.1) is 59.2 Å². The van der Waals surface area contributed by atoms with Crippen LogP contribution in [0.3, 0.4) is 0 Å². The second-order valence-electron chi connectivity index (χ2n) is 8.68. The number of aromatic hydroxyl groups is 1. The Morgan fingerprint density at radius 3 is 1.03 bits per heavy atom. The molecule has 0 saturated carbocycles. The van der Waals surface area contributed by atoms with Crippen LogP contribution in [0.5, 0.6) is 5.75 Å². The Labute approximate surface area is 225 Å². The predicted molar refractivity (Wildman–Crippen MR) is 163 cm³/mol. The van der Waals surface area contributed by atoms with Crippen LogP contribution in [0.1, 0.15) is 34.8 Å². The van der Waals surface area contributed by atoms with Crippen molar-refractivity contribution in [1.29, 1.82) is 0 Å². The van der Waals surface area contributed by atoms with Gasteiger partial charge in [-0.05, 0) is 17.7 Å². The summed E-state index contributed by atoms with van der Waals surface area (Å²) in [6.07, 6.45) is 16.7. The third kappa shape index (κ3) is 8.29. The van der Waals surface area contributed by atoms with E-state index >= 15 is 0 Å². The van der Waals surface area contributed by atoms with Crippen LogP contribution in [0.15, 0.2) is 126 Å². The van der Waals surface area contributed by atoms with Gasteiger partial charge >= 0.3 is 0 Å². The van der Waals surface area contributed by atoms with Gasteiger partial charge in [0, 0.05) is 50.4 Å². The largest absolute Gasteiger partial charge is 0.507 e. The van der Waals surface area contributed by atoms with Crippen molar-refractivity contribution in [2.75, 3.05) is 39.3 Å². The molecule has 0 saturated heterocycles. The first-order valence-corrected chi connectivity index (χ1v) is 12.5. The Hall–Kier alpha value is -3.44. The molecule has 1 aromatic carbocycles. The molecule has 0 amide bonds. The fraction of sp³-hybridized carbons (Fsp3) is 0.273. The Kier molecular flexibility index (Phi) is 14.6. The molecule has 0 heterocycles. The molecule has 0 bridgehead atoms. The molecule has 0 spiro atoms. The normalized spacial score (nSPS) is 13.4. The number of phenolic OH excluding ortho intramolecular Hbond substituents is 1. The van der Waals surface area contributed by atoms with E-state index in [1.54, 1.807) is 0 Å². The summed E-state index contributed by atoms with van der Waals surface area (Å²) in [4.78, 5) is 6.52. The van der Waals surface area contributed by atoms with E-state index in [2.05, 4.69) is 73.9 Å². The maximum atomic E-state index is 11.8. The number of benzene rings is 1. The molecule has 0 aliphatic rings. The van der Waals surface area contributed by atoms with Crippen molar-refractivity contribution in [2.45, 2.75) is 18.1 Å². The maximum Gasteiger partial charge on any atom is 0.125 e. The van der Waals surface area contributed by atoms with Crippen LogP contribution in [-0.4, -0.2) is 59.1 Å². The molecule has 0 fully saturated rings. The van der Waals surface area contributed by atoms with Gasteiger partial charge in [0.15, 0.2) is 0 Å². The van der Waals surface area contributed by atoms with Gasteiger partial charge in [-0.25, -0.2) is 0 Å². The van der Waals surface area contributed by atoms with Crippen LogP contribution >= 0.6 is 0 Å². The van der Waals surface area contributed by atoms with Crippen molar-refractivity contribution in [3.05, 3.63) is 143 Å². The van der Waals surface area contributed by atoms with Crippen LogP contribution < -0.4 is 0 Å². The van der Waals surface area contributed by atoms with Crippen molar-refractivity contribution in [2.24, 2.45) is 0 Å². The number of hydrogen-bond acceptors (Lipinski definition) is 4. The van der Waals surface area contributed by atoms with Gasteiger partial charge in [-0.3, -0.25) is 14.7 Å². The Bertz CT molecular complexity index is 889. The molecule has 4 heteroatoms. The van der Waals surface area contributed by atoms with Gasteiger partial charge in [0.05, 0.1) is 18.1 Å². The molecule has 1 N–H and O–H groups in total. The molecule has 0 aliphatic carbocycles. The van der Waals surface area contributed by atoms with Crippen molar-refractivity contribution in [3.8, 4) is 5.75 Å². The van der Waals surface area contributed by atoms with Gasteiger partial charge in [0.25, 0.3) is 0 Å². The van der Waals surface area contributed by atoms with Crippen LogP contribution in [0.2, 0.25) is 0 Å². The Morgan fingerprint density at radius 2 is 0.784 bits per heavy atom. The molecule has 3 unspecified atom stereocenters. The second-order valence-corrected chi connectivity index (χ2v) is 8.68. The van der Waals surface area contributed by atoms with E-state index in [1.165, 1.54) is 0 Å². The minimum Gasteiger partial charge on any atom is -0.507 e. The Morgan fingerprint density at radius 1 is 0.514 bits per heavy atom. The second kappa shape index (κ2) is 17.1. The molecular formula is C33H45N3O. The lowest BCUT2D eigenvalue weighted by Crippen LogP contribution is -2.31. The van der Waals surface area contributed by atoms with Crippen LogP contribution in [0.25, 0.3) is 0 Å². The minimum absolute atomic E-state index is 0.135. The molecule has 1 aromatic rings. The van der Waals surface area contributed by atoms with Gasteiger partial charge in [-0.1, -0.05) is 54.7 Å². The molecule has 4 nitrogen and oxygen atoms in total. The molecule has 1 rings (SSSR count). The average Bonchev–Trinajstić information content (AvgIpc) is 2.88. The zero-order chi connectivity index (χ0) is 27.8. The number of hydrogen-bond donors (Lipinski definition) is 1. The smallest absolute Gasteiger partial charge is 0.125 e. The van der Waals surface area contributed by atoms with E-state index in [0.717, 1.165) is 16.7 Å². The maximum absolute atomic E-state index is 11.8. The summed E-state index contributed by atoms with van der Waals surface area (Å²) < 4.78 is 0. The molecule has 0 radical (unpaired) electrons. The van der Waals surface area contributed by atoms with E-state index in [1.807, 2.05) is 66.8 Å². The summed E-state index contributed by atoms with van der Waals surface area (Å²) in [6, 6.07) is 3.41. The SMILES string of the molecule is C=CCN(CC=C)C(C=C)c1cc(C(C=C)N(CC=C)CC=C)c(O)c(C(C=C)N(CC=C)CC=C)c1. The highest BCUT2D eigenvalue weighted by Gasteiger charge is 2.28. The quantitative estimate of drug-likeness (QED) is 0.183.